The van der Waals surface area contributed by atoms with Crippen LogP contribution in [0, 0.1) is 0 Å². The van der Waals surface area contributed by atoms with Crippen LogP contribution in [0.25, 0.3) is 0 Å². The average Bonchev–Trinajstić information content (AvgIpc) is 2.40. The fraction of sp³-hybridized carbons (Fsp3) is 0.500. The van der Waals surface area contributed by atoms with E-state index in [1.807, 2.05) is 24.3 Å². The Morgan fingerprint density at radius 2 is 1.89 bits per heavy atom. The minimum absolute atomic E-state index is 0.248. The van der Waals surface area contributed by atoms with Gasteiger partial charge in [0.25, 0.3) is 0 Å². The van der Waals surface area contributed by atoms with Gasteiger partial charge < -0.3 is 10.2 Å². The van der Waals surface area contributed by atoms with Crippen molar-refractivity contribution in [3.8, 4) is 0 Å². The van der Waals surface area contributed by atoms with Crippen molar-refractivity contribution >= 4 is 21.7 Å². The molecule has 0 spiro atoms. The Labute approximate surface area is 117 Å². The lowest BCUT2D eigenvalue weighted by molar-refractivity contribution is 0.0973. The quantitative estimate of drug-likeness (QED) is 0.847. The third-order valence-corrected chi connectivity index (χ3v) is 3.78. The standard InChI is InChI=1S/C14H19BrN2O/c15-13-5-3-12(4-6-13)14(18)2-1-9-17-10-7-16-8-11-17/h3-6,16H,1-2,7-11H2. The lowest BCUT2D eigenvalue weighted by atomic mass is 10.1. The highest BCUT2D eigenvalue weighted by molar-refractivity contribution is 9.10. The van der Waals surface area contributed by atoms with E-state index in [1.165, 1.54) is 0 Å². The molecule has 0 bridgehead atoms. The van der Waals surface area contributed by atoms with Gasteiger partial charge in [-0.05, 0) is 25.1 Å². The number of hydrogen-bond donors (Lipinski definition) is 1. The topological polar surface area (TPSA) is 32.3 Å². The molecule has 1 fully saturated rings. The highest BCUT2D eigenvalue weighted by atomic mass is 79.9. The monoisotopic (exact) mass is 310 g/mol. The van der Waals surface area contributed by atoms with Crippen molar-refractivity contribution in [2.75, 3.05) is 32.7 Å². The summed E-state index contributed by atoms with van der Waals surface area (Å²) in [7, 11) is 0. The first-order valence-corrected chi connectivity index (χ1v) is 7.27. The molecule has 0 radical (unpaired) electrons. The van der Waals surface area contributed by atoms with E-state index in [9.17, 15) is 4.79 Å². The number of nitrogens with one attached hydrogen (secondary N) is 1. The van der Waals surface area contributed by atoms with Crippen LogP contribution in [0.3, 0.4) is 0 Å². The number of halogens is 1. The van der Waals surface area contributed by atoms with Crippen LogP contribution in [-0.2, 0) is 0 Å². The largest absolute Gasteiger partial charge is 0.314 e. The molecule has 1 aromatic carbocycles. The lowest BCUT2D eigenvalue weighted by Gasteiger charge is -2.26. The molecule has 3 nitrogen and oxygen atoms in total. The highest BCUT2D eigenvalue weighted by Crippen LogP contribution is 2.12. The first-order chi connectivity index (χ1) is 8.75. The number of carbonyl (C=O) groups excluding carboxylic acids is 1. The number of benzene rings is 1. The van der Waals surface area contributed by atoms with Crippen molar-refractivity contribution < 1.29 is 4.79 Å². The molecule has 1 saturated heterocycles. The van der Waals surface area contributed by atoms with Crippen LogP contribution in [-0.4, -0.2) is 43.4 Å². The molecule has 1 aromatic rings. The van der Waals surface area contributed by atoms with Crippen molar-refractivity contribution in [1.29, 1.82) is 0 Å². The zero-order valence-corrected chi connectivity index (χ0v) is 12.1. The van der Waals surface area contributed by atoms with E-state index >= 15 is 0 Å². The lowest BCUT2D eigenvalue weighted by Crippen LogP contribution is -2.43. The molecule has 1 aliphatic heterocycles. The zero-order valence-electron chi connectivity index (χ0n) is 10.5. The van der Waals surface area contributed by atoms with Crippen LogP contribution in [0.5, 0.6) is 0 Å². The third-order valence-electron chi connectivity index (χ3n) is 3.25. The average molecular weight is 311 g/mol. The molecule has 98 valence electrons. The van der Waals surface area contributed by atoms with E-state index < -0.39 is 0 Å². The number of nitrogens with zero attached hydrogens (tertiary/aromatic N) is 1. The molecule has 0 atom stereocenters. The maximum atomic E-state index is 12.0. The van der Waals surface area contributed by atoms with Gasteiger partial charge in [0, 0.05) is 42.6 Å². The Kier molecular flexibility index (Phi) is 5.35. The summed E-state index contributed by atoms with van der Waals surface area (Å²) in [6, 6.07) is 7.61. The predicted octanol–water partition coefficient (Wildman–Crippen LogP) is 2.32. The summed E-state index contributed by atoms with van der Waals surface area (Å²) < 4.78 is 1.01. The van der Waals surface area contributed by atoms with Crippen LogP contribution >= 0.6 is 15.9 Å². The molecule has 18 heavy (non-hydrogen) atoms. The van der Waals surface area contributed by atoms with Gasteiger partial charge >= 0.3 is 0 Å². The Morgan fingerprint density at radius 3 is 2.56 bits per heavy atom. The minimum atomic E-state index is 0.248. The number of carbonyl (C=O) groups is 1. The van der Waals surface area contributed by atoms with E-state index in [0.717, 1.165) is 49.2 Å². The van der Waals surface area contributed by atoms with Gasteiger partial charge in [0.2, 0.25) is 0 Å². The highest BCUT2D eigenvalue weighted by Gasteiger charge is 2.10. The fourth-order valence-corrected chi connectivity index (χ4v) is 2.44. The van der Waals surface area contributed by atoms with Gasteiger partial charge in [-0.1, -0.05) is 28.1 Å². The normalized spacial score (nSPS) is 16.7. The Bertz CT molecular complexity index is 385. The van der Waals surface area contributed by atoms with Crippen molar-refractivity contribution in [3.63, 3.8) is 0 Å². The molecule has 1 N–H and O–H groups in total. The molecule has 4 heteroatoms. The fourth-order valence-electron chi connectivity index (χ4n) is 2.18. The zero-order chi connectivity index (χ0) is 12.8. The van der Waals surface area contributed by atoms with E-state index in [2.05, 4.69) is 26.1 Å². The summed E-state index contributed by atoms with van der Waals surface area (Å²) in [6.07, 6.45) is 1.60. The van der Waals surface area contributed by atoms with Gasteiger partial charge in [-0.15, -0.1) is 0 Å². The van der Waals surface area contributed by atoms with Crippen LogP contribution in [0.4, 0.5) is 0 Å². The molecule has 0 amide bonds. The molecule has 0 aliphatic carbocycles. The Hall–Kier alpha value is -0.710. The van der Waals surface area contributed by atoms with E-state index in [0.29, 0.717) is 6.42 Å². The van der Waals surface area contributed by atoms with Gasteiger partial charge in [0.05, 0.1) is 0 Å². The van der Waals surface area contributed by atoms with Crippen LogP contribution in [0.2, 0.25) is 0 Å². The number of piperazine rings is 1. The molecule has 1 aliphatic rings. The second-order valence-electron chi connectivity index (χ2n) is 4.63. The van der Waals surface area contributed by atoms with E-state index in [1.54, 1.807) is 0 Å². The van der Waals surface area contributed by atoms with Crippen molar-refractivity contribution in [3.05, 3.63) is 34.3 Å². The SMILES string of the molecule is O=C(CCCN1CCNCC1)c1ccc(Br)cc1. The second-order valence-corrected chi connectivity index (χ2v) is 5.54. The summed E-state index contributed by atoms with van der Waals surface area (Å²) in [5.41, 5.74) is 0.818. The first kappa shape index (κ1) is 13.7. The van der Waals surface area contributed by atoms with Gasteiger partial charge in [-0.3, -0.25) is 4.79 Å². The van der Waals surface area contributed by atoms with Crippen molar-refractivity contribution in [2.24, 2.45) is 0 Å². The number of ketones is 1. The second kappa shape index (κ2) is 7.02. The summed E-state index contributed by atoms with van der Waals surface area (Å²) >= 11 is 3.38. The molecule has 1 heterocycles. The van der Waals surface area contributed by atoms with Crippen LogP contribution < -0.4 is 5.32 Å². The van der Waals surface area contributed by atoms with Gasteiger partial charge in [0.15, 0.2) is 5.78 Å². The molecule has 2 rings (SSSR count). The number of Topliss-reactive ketones (excluding diaryl/α,β-unsaturated/α-hetero) is 1. The Morgan fingerprint density at radius 1 is 1.22 bits per heavy atom. The van der Waals surface area contributed by atoms with Crippen molar-refractivity contribution in [1.82, 2.24) is 10.2 Å². The summed E-state index contributed by atoms with van der Waals surface area (Å²) in [4.78, 5) is 14.4. The number of rotatable bonds is 5. The maximum absolute atomic E-state index is 12.0. The molecule has 0 unspecified atom stereocenters. The maximum Gasteiger partial charge on any atom is 0.162 e. The van der Waals surface area contributed by atoms with Crippen LogP contribution in [0.1, 0.15) is 23.2 Å². The third kappa shape index (κ3) is 4.19. The smallest absolute Gasteiger partial charge is 0.162 e. The number of hydrogen-bond acceptors (Lipinski definition) is 3. The predicted molar refractivity (Wildman–Crippen MR) is 77.0 cm³/mol. The minimum Gasteiger partial charge on any atom is -0.314 e. The first-order valence-electron chi connectivity index (χ1n) is 6.47. The van der Waals surface area contributed by atoms with Crippen molar-refractivity contribution in [2.45, 2.75) is 12.8 Å². The molecular formula is C14H19BrN2O. The summed E-state index contributed by atoms with van der Waals surface area (Å²) in [5, 5.41) is 3.33. The summed E-state index contributed by atoms with van der Waals surface area (Å²) in [5.74, 6) is 0.248. The summed E-state index contributed by atoms with van der Waals surface area (Å²) in [6.45, 7) is 5.38. The molecule has 0 saturated carbocycles. The van der Waals surface area contributed by atoms with Gasteiger partial charge in [-0.2, -0.15) is 0 Å². The van der Waals surface area contributed by atoms with Crippen LogP contribution in [0.15, 0.2) is 28.7 Å². The van der Waals surface area contributed by atoms with E-state index in [4.69, 9.17) is 0 Å². The van der Waals surface area contributed by atoms with E-state index in [-0.39, 0.29) is 5.78 Å². The molecular weight excluding hydrogens is 292 g/mol. The van der Waals surface area contributed by atoms with Gasteiger partial charge in [0.1, 0.15) is 0 Å². The van der Waals surface area contributed by atoms with Gasteiger partial charge in [-0.25, -0.2) is 0 Å². The molecule has 0 aromatic heterocycles. The Balaban J connectivity index is 1.72.